The number of nitrogens with one attached hydrogen (secondary N) is 4. The van der Waals surface area contributed by atoms with E-state index in [1.807, 2.05) is 52.0 Å². The molecule has 0 bridgehead atoms. The fraction of sp³-hybridized carbons (Fsp3) is 0.500. The van der Waals surface area contributed by atoms with E-state index in [-0.39, 0.29) is 55.0 Å². The molecule has 1 saturated carbocycles. The zero-order chi connectivity index (χ0) is 48.7. The molecule has 1 saturated heterocycles. The van der Waals surface area contributed by atoms with Crippen LogP contribution >= 0.6 is 22.9 Å². The minimum atomic E-state index is -0.955. The molecule has 4 amide bonds. The van der Waals surface area contributed by atoms with Crippen molar-refractivity contribution in [3.63, 3.8) is 0 Å². The summed E-state index contributed by atoms with van der Waals surface area (Å²) in [5.74, 6) is -0.863. The second kappa shape index (κ2) is 21.6. The summed E-state index contributed by atoms with van der Waals surface area (Å²) in [4.78, 5) is 64.9. The minimum Gasteiger partial charge on any atom is -0.489 e. The Labute approximate surface area is 402 Å². The summed E-state index contributed by atoms with van der Waals surface area (Å²) in [6, 6.07) is 16.2. The number of rotatable bonds is 19. The Kier molecular flexibility index (Phi) is 16.4. The van der Waals surface area contributed by atoms with E-state index in [9.17, 15) is 29.5 Å². The molecule has 2 fully saturated rings. The Morgan fingerprint density at radius 3 is 2.37 bits per heavy atom. The number of β-amino-alcohol motifs (C(OH)–C–C–N with tert-alkyl or cyclic N) is 1. The maximum absolute atomic E-state index is 14.0. The Bertz CT molecular complexity index is 2410. The molecule has 2 aromatic heterocycles. The first-order chi connectivity index (χ1) is 31.7. The van der Waals surface area contributed by atoms with Crippen LogP contribution < -0.4 is 26.0 Å². The van der Waals surface area contributed by atoms with E-state index in [4.69, 9.17) is 21.1 Å². The Morgan fingerprint density at radius 2 is 1.75 bits per heavy atom. The molecule has 1 aliphatic carbocycles. The van der Waals surface area contributed by atoms with Gasteiger partial charge in [0.25, 0.3) is 5.91 Å². The van der Waals surface area contributed by atoms with Gasteiger partial charge in [0.2, 0.25) is 17.7 Å². The summed E-state index contributed by atoms with van der Waals surface area (Å²) < 4.78 is 12.0. The number of benzene rings is 2. The molecular weight excluding hydrogens is 892 g/mol. The Balaban J connectivity index is 0.878. The number of hydrogen-bond acceptors (Lipinski definition) is 12. The third-order valence-corrected chi connectivity index (χ3v) is 13.9. The molecule has 1 aliphatic heterocycles. The van der Waals surface area contributed by atoms with Gasteiger partial charge in [-0.15, -0.1) is 11.3 Å². The highest BCUT2D eigenvalue weighted by Crippen LogP contribution is 2.55. The summed E-state index contributed by atoms with van der Waals surface area (Å²) in [6.45, 7) is 16.7. The van der Waals surface area contributed by atoms with Crippen molar-refractivity contribution in [2.24, 2.45) is 16.2 Å². The van der Waals surface area contributed by atoms with Crippen LogP contribution in [0, 0.1) is 34.5 Å². The number of aryl methyl sites for hydroxylation is 1. The van der Waals surface area contributed by atoms with Crippen molar-refractivity contribution in [3.8, 4) is 22.4 Å². The van der Waals surface area contributed by atoms with Gasteiger partial charge in [-0.1, -0.05) is 66.1 Å². The number of anilines is 1. The van der Waals surface area contributed by atoms with Gasteiger partial charge in [-0.3, -0.25) is 24.2 Å². The van der Waals surface area contributed by atoms with Crippen LogP contribution in [0.25, 0.3) is 10.6 Å². The number of unbranched alkanes of at least 4 members (excludes halogenated alkanes) is 2. The molecule has 6 rings (SSSR count). The van der Waals surface area contributed by atoms with Gasteiger partial charge in [-0.25, -0.2) is 4.98 Å². The minimum absolute atomic E-state index is 0.0203. The van der Waals surface area contributed by atoms with E-state index in [0.717, 1.165) is 46.8 Å². The lowest BCUT2D eigenvalue weighted by Gasteiger charge is -2.63. The number of halogens is 1. The zero-order valence-electron chi connectivity index (χ0n) is 39.6. The molecule has 17 heteroatoms. The summed E-state index contributed by atoms with van der Waals surface area (Å²) >= 11 is 7.75. The number of nitriles is 1. The topological polar surface area (TPSA) is 208 Å². The molecule has 4 aromatic rings. The number of aliphatic hydroxyl groups is 1. The molecule has 0 radical (unpaired) electrons. The van der Waals surface area contributed by atoms with E-state index in [1.165, 1.54) is 16.2 Å². The number of carbonyl (C=O) groups excluding carboxylic acids is 4. The second-order valence-corrected chi connectivity index (χ2v) is 21.0. The summed E-state index contributed by atoms with van der Waals surface area (Å²) in [5, 5.41) is 32.4. The first kappa shape index (κ1) is 50.8. The maximum atomic E-state index is 14.0. The molecular formula is C50H63ClN8O7S. The quantitative estimate of drug-likeness (QED) is 0.0602. The van der Waals surface area contributed by atoms with E-state index >= 15 is 0 Å². The molecule has 1 unspecified atom stereocenters. The van der Waals surface area contributed by atoms with E-state index in [0.29, 0.717) is 35.1 Å². The van der Waals surface area contributed by atoms with Crippen molar-refractivity contribution in [3.05, 3.63) is 93.7 Å². The second-order valence-electron chi connectivity index (χ2n) is 19.7. The highest BCUT2D eigenvalue weighted by Gasteiger charge is 2.64. The zero-order valence-corrected chi connectivity index (χ0v) is 41.1. The lowest BCUT2D eigenvalue weighted by Crippen LogP contribution is -2.74. The average molecular weight is 956 g/mol. The number of ether oxygens (including phenoxy) is 2. The van der Waals surface area contributed by atoms with Gasteiger partial charge in [0, 0.05) is 73.0 Å². The molecule has 2 aliphatic rings. The normalized spacial score (nSPS) is 19.9. The van der Waals surface area contributed by atoms with Gasteiger partial charge in [0.15, 0.2) is 0 Å². The first-order valence-electron chi connectivity index (χ1n) is 22.7. The average Bonchev–Trinajstić information content (AvgIpc) is 3.91. The Morgan fingerprint density at radius 1 is 1.01 bits per heavy atom. The van der Waals surface area contributed by atoms with Crippen molar-refractivity contribution in [2.45, 2.75) is 118 Å². The van der Waals surface area contributed by atoms with Crippen LogP contribution in [0.3, 0.4) is 0 Å². The number of likely N-dealkylation sites (tertiary alicyclic amines) is 1. The predicted octanol–water partition coefficient (Wildman–Crippen LogP) is 7.06. The molecule has 358 valence electrons. The summed E-state index contributed by atoms with van der Waals surface area (Å²) in [7, 11) is 0. The number of thiazole rings is 1. The monoisotopic (exact) mass is 954 g/mol. The highest BCUT2D eigenvalue weighted by atomic mass is 35.5. The summed E-state index contributed by atoms with van der Waals surface area (Å²) in [6.07, 6.45) is 3.14. The van der Waals surface area contributed by atoms with Gasteiger partial charge in [0.1, 0.15) is 36.6 Å². The molecule has 0 spiro atoms. The number of aromatic nitrogens is 2. The lowest BCUT2D eigenvalue weighted by molar-refractivity contribution is -0.164. The molecule has 5 N–H and O–H groups in total. The number of pyridine rings is 1. The molecule has 67 heavy (non-hydrogen) atoms. The lowest BCUT2D eigenvalue weighted by atomic mass is 9.49. The van der Waals surface area contributed by atoms with Crippen LogP contribution in [0.2, 0.25) is 5.02 Å². The van der Waals surface area contributed by atoms with Crippen LogP contribution in [0.5, 0.6) is 5.75 Å². The van der Waals surface area contributed by atoms with Crippen molar-refractivity contribution in [2.75, 3.05) is 31.6 Å². The fourth-order valence-electron chi connectivity index (χ4n) is 9.29. The number of hydrogen-bond donors (Lipinski definition) is 5. The van der Waals surface area contributed by atoms with Crippen LogP contribution in [-0.2, 0) is 25.7 Å². The molecule has 3 atom stereocenters. The van der Waals surface area contributed by atoms with Crippen molar-refractivity contribution >= 4 is 52.3 Å². The molecule has 15 nitrogen and oxygen atoms in total. The van der Waals surface area contributed by atoms with Crippen LogP contribution in [0.15, 0.2) is 66.3 Å². The smallest absolute Gasteiger partial charge is 0.251 e. The van der Waals surface area contributed by atoms with Crippen LogP contribution in [0.4, 0.5) is 5.69 Å². The standard InChI is InChI=1S/C50H63ClN8O7S/c1-30-41(67-29-56-30)38-19-12-31(25-54-38)26-55-44(63)39-22-35(60)27-59(39)45(64)42(48(2,3)4)57-40(61)28-65-21-11-9-10-20-53-34-16-13-32(14-17-34)43(62)58-46-49(5,6)47(50(46,7)8)66-36-18-15-33(24-52)37(51)23-36/h12-19,23,25,29,35,39,42,46-47,53,60H,9-11,20-22,26-28H2,1-8H3,(H,55,63)(H,57,61)(H,58,62)/t35-,39+,42?,46?,47?/m1/s1. The number of aliphatic hydroxyl groups excluding tert-OH is 1. The van der Waals surface area contributed by atoms with Gasteiger partial charge in [-0.05, 0) is 79.6 Å². The molecule has 3 heterocycles. The van der Waals surface area contributed by atoms with Gasteiger partial charge < -0.3 is 40.7 Å². The number of nitrogens with zero attached hydrogens (tertiary/aromatic N) is 4. The van der Waals surface area contributed by atoms with Crippen LogP contribution in [0.1, 0.15) is 101 Å². The number of amides is 4. The van der Waals surface area contributed by atoms with Crippen molar-refractivity contribution in [1.82, 2.24) is 30.8 Å². The third-order valence-electron chi connectivity index (χ3n) is 12.7. The van der Waals surface area contributed by atoms with Crippen molar-refractivity contribution < 1.29 is 33.8 Å². The SMILES string of the molecule is Cc1ncsc1-c1ccc(CNC(=O)[C@@H]2C[C@@H](O)CN2C(=O)C(NC(=O)COCCCCCNc2ccc(C(=O)NC3C(C)(C)C(Oc4ccc(C#N)c(Cl)c4)C3(C)C)cc2)C(C)(C)C)cn1. The first-order valence-corrected chi connectivity index (χ1v) is 24.0. The summed E-state index contributed by atoms with van der Waals surface area (Å²) in [5.41, 5.74) is 4.64. The third kappa shape index (κ3) is 12.3. The fourth-order valence-corrected chi connectivity index (χ4v) is 10.3. The number of carbonyl (C=O) groups is 4. The maximum Gasteiger partial charge on any atom is 0.251 e. The highest BCUT2D eigenvalue weighted by molar-refractivity contribution is 7.13. The molecule has 2 aromatic carbocycles. The van der Waals surface area contributed by atoms with Gasteiger partial charge >= 0.3 is 0 Å². The van der Waals surface area contributed by atoms with Gasteiger partial charge in [-0.2, -0.15) is 5.26 Å². The van der Waals surface area contributed by atoms with E-state index in [1.54, 1.807) is 42.0 Å². The van der Waals surface area contributed by atoms with Crippen LogP contribution in [-0.4, -0.2) is 100 Å². The Hall–Kier alpha value is -5.60. The largest absolute Gasteiger partial charge is 0.489 e. The van der Waals surface area contributed by atoms with Crippen molar-refractivity contribution in [1.29, 1.82) is 5.26 Å². The van der Waals surface area contributed by atoms with E-state index in [2.05, 4.69) is 65.0 Å². The van der Waals surface area contributed by atoms with E-state index < -0.39 is 41.3 Å². The predicted molar refractivity (Wildman–Crippen MR) is 258 cm³/mol. The van der Waals surface area contributed by atoms with Gasteiger partial charge in [0.05, 0.1) is 38.5 Å².